The van der Waals surface area contributed by atoms with Crippen LogP contribution in [0.1, 0.15) is 0 Å². The van der Waals surface area contributed by atoms with E-state index in [9.17, 15) is 25.5 Å². The van der Waals surface area contributed by atoms with Gasteiger partial charge in [0.15, 0.2) is 6.29 Å². The molecule has 1 aliphatic heterocycles. The van der Waals surface area contributed by atoms with Gasteiger partial charge in [-0.3, -0.25) is 0 Å². The molecule has 7 atom stereocenters. The topological polar surface area (TPSA) is 138 Å². The molecule has 2 aliphatic rings. The molecule has 132 valence electrons. The molecule has 1 aliphatic carbocycles. The Hall–Kier alpha value is -1.20. The quantitative estimate of drug-likeness (QED) is 0.393. The van der Waals surface area contributed by atoms with E-state index < -0.39 is 49.5 Å². The van der Waals surface area contributed by atoms with Crippen molar-refractivity contribution in [3.63, 3.8) is 0 Å². The van der Waals surface area contributed by atoms with Gasteiger partial charge in [0.25, 0.3) is 0 Å². The molecule has 9 heteroatoms. The number of hydrogen-bond donors (Lipinski definition) is 5. The highest BCUT2D eigenvalue weighted by atomic mass is 16.7. The predicted octanol–water partition coefficient (Wildman–Crippen LogP) is -1.83. The standard InChI is InChI=1S/C14H22O9/c1-20-7-3-6(16)4-8(21-2)13(7)23-14-12(19)11(18)10(17)9(5-15)22-14/h3-4,7,9-19H,5H2,1-2H3. The largest absolute Gasteiger partial charge is 0.508 e. The summed E-state index contributed by atoms with van der Waals surface area (Å²) in [6.45, 7) is -0.559. The van der Waals surface area contributed by atoms with Crippen LogP contribution in [0.3, 0.4) is 0 Å². The minimum Gasteiger partial charge on any atom is -0.508 e. The first-order chi connectivity index (χ1) is 10.9. The maximum Gasteiger partial charge on any atom is 0.187 e. The lowest BCUT2D eigenvalue weighted by Gasteiger charge is -2.41. The van der Waals surface area contributed by atoms with Crippen molar-refractivity contribution in [2.45, 2.75) is 42.9 Å². The maximum atomic E-state index is 10.0. The SMILES string of the molecule is COC1=CC(O)=CC(OC)C1OC1OC(CO)C(O)C(O)C1O. The molecular formula is C14H22O9. The van der Waals surface area contributed by atoms with Crippen molar-refractivity contribution in [3.05, 3.63) is 23.7 Å². The maximum absolute atomic E-state index is 10.0. The zero-order valence-corrected chi connectivity index (χ0v) is 12.8. The molecule has 5 N–H and O–H groups in total. The number of rotatable bonds is 5. The van der Waals surface area contributed by atoms with Gasteiger partial charge in [-0.25, -0.2) is 0 Å². The van der Waals surface area contributed by atoms with Crippen molar-refractivity contribution >= 4 is 0 Å². The van der Waals surface area contributed by atoms with Crippen molar-refractivity contribution in [3.8, 4) is 0 Å². The number of aliphatic hydroxyl groups excluding tert-OH is 5. The molecule has 0 amide bonds. The van der Waals surface area contributed by atoms with Crippen molar-refractivity contribution in [1.29, 1.82) is 0 Å². The van der Waals surface area contributed by atoms with E-state index in [0.717, 1.165) is 0 Å². The Balaban J connectivity index is 2.17. The molecular weight excluding hydrogens is 312 g/mol. The molecule has 7 unspecified atom stereocenters. The van der Waals surface area contributed by atoms with E-state index in [1.807, 2.05) is 0 Å². The first kappa shape index (κ1) is 18.1. The predicted molar refractivity (Wildman–Crippen MR) is 75.2 cm³/mol. The summed E-state index contributed by atoms with van der Waals surface area (Å²) in [5.41, 5.74) is 0. The van der Waals surface area contributed by atoms with E-state index in [1.165, 1.54) is 26.4 Å². The third kappa shape index (κ3) is 3.66. The van der Waals surface area contributed by atoms with Crippen molar-refractivity contribution in [1.82, 2.24) is 0 Å². The van der Waals surface area contributed by atoms with Crippen LogP contribution >= 0.6 is 0 Å². The minimum atomic E-state index is -1.55. The molecule has 1 saturated heterocycles. The molecule has 0 aromatic rings. The van der Waals surface area contributed by atoms with Crippen LogP contribution in [0.4, 0.5) is 0 Å². The molecule has 0 radical (unpaired) electrons. The zero-order valence-electron chi connectivity index (χ0n) is 12.8. The summed E-state index contributed by atoms with van der Waals surface area (Å²) in [6.07, 6.45) is -5.84. The second-order valence-corrected chi connectivity index (χ2v) is 5.30. The normalized spacial score (nSPS) is 41.2. The van der Waals surface area contributed by atoms with Gasteiger partial charge in [0.2, 0.25) is 0 Å². The van der Waals surface area contributed by atoms with Gasteiger partial charge in [-0.05, 0) is 6.08 Å². The van der Waals surface area contributed by atoms with Crippen molar-refractivity contribution < 1.29 is 44.5 Å². The van der Waals surface area contributed by atoms with Gasteiger partial charge < -0.3 is 44.5 Å². The van der Waals surface area contributed by atoms with Crippen LogP contribution in [0.2, 0.25) is 0 Å². The molecule has 0 aromatic carbocycles. The fraction of sp³-hybridized carbons (Fsp3) is 0.714. The molecule has 2 rings (SSSR count). The van der Waals surface area contributed by atoms with E-state index in [-0.39, 0.29) is 11.5 Å². The monoisotopic (exact) mass is 334 g/mol. The summed E-state index contributed by atoms with van der Waals surface area (Å²) in [6, 6.07) is 0. The number of aliphatic hydroxyl groups is 5. The summed E-state index contributed by atoms with van der Waals surface area (Å²) in [4.78, 5) is 0. The van der Waals surface area contributed by atoms with E-state index >= 15 is 0 Å². The highest BCUT2D eigenvalue weighted by Gasteiger charge is 2.46. The molecule has 0 spiro atoms. The average molecular weight is 334 g/mol. The summed E-state index contributed by atoms with van der Waals surface area (Å²) >= 11 is 0. The fourth-order valence-corrected chi connectivity index (χ4v) is 2.53. The van der Waals surface area contributed by atoms with Gasteiger partial charge in [-0.15, -0.1) is 0 Å². The first-order valence-electron chi connectivity index (χ1n) is 7.08. The van der Waals surface area contributed by atoms with E-state index in [1.54, 1.807) is 0 Å². The van der Waals surface area contributed by atoms with Gasteiger partial charge in [-0.2, -0.15) is 0 Å². The third-order valence-electron chi connectivity index (χ3n) is 3.84. The lowest BCUT2D eigenvalue weighted by atomic mass is 9.99. The first-order valence-corrected chi connectivity index (χ1v) is 7.08. The van der Waals surface area contributed by atoms with E-state index in [4.69, 9.17) is 18.9 Å². The van der Waals surface area contributed by atoms with Crippen LogP contribution in [-0.2, 0) is 18.9 Å². The van der Waals surface area contributed by atoms with Gasteiger partial charge in [-0.1, -0.05) is 0 Å². The van der Waals surface area contributed by atoms with Gasteiger partial charge in [0, 0.05) is 13.2 Å². The van der Waals surface area contributed by atoms with Crippen LogP contribution in [0, 0.1) is 0 Å². The molecule has 9 nitrogen and oxygen atoms in total. The Morgan fingerprint density at radius 2 is 1.83 bits per heavy atom. The Bertz CT molecular complexity index is 461. The molecule has 23 heavy (non-hydrogen) atoms. The smallest absolute Gasteiger partial charge is 0.187 e. The van der Waals surface area contributed by atoms with Crippen molar-refractivity contribution in [2.75, 3.05) is 20.8 Å². The van der Waals surface area contributed by atoms with Crippen LogP contribution in [0.5, 0.6) is 0 Å². The van der Waals surface area contributed by atoms with Crippen molar-refractivity contribution in [2.24, 2.45) is 0 Å². The highest BCUT2D eigenvalue weighted by molar-refractivity contribution is 5.26. The highest BCUT2D eigenvalue weighted by Crippen LogP contribution is 2.28. The van der Waals surface area contributed by atoms with Crippen LogP contribution < -0.4 is 0 Å². The van der Waals surface area contributed by atoms with Crippen LogP contribution in [-0.4, -0.2) is 89.3 Å². The lowest BCUT2D eigenvalue weighted by Crippen LogP contribution is -2.60. The minimum absolute atomic E-state index is 0.0673. The van der Waals surface area contributed by atoms with Gasteiger partial charge in [0.05, 0.1) is 13.7 Å². The Labute approximate surface area is 133 Å². The summed E-state index contributed by atoms with van der Waals surface area (Å²) in [7, 11) is 2.78. The molecule has 0 aromatic heterocycles. The van der Waals surface area contributed by atoms with Crippen LogP contribution in [0.15, 0.2) is 23.7 Å². The molecule has 1 heterocycles. The summed E-state index contributed by atoms with van der Waals surface area (Å²) in [5.74, 6) is 0.163. The number of methoxy groups -OCH3 is 2. The Kier molecular flexibility index (Phi) is 5.98. The second-order valence-electron chi connectivity index (χ2n) is 5.30. The van der Waals surface area contributed by atoms with Crippen LogP contribution in [0.25, 0.3) is 0 Å². The summed E-state index contributed by atoms with van der Waals surface area (Å²) < 4.78 is 21.3. The number of ether oxygens (including phenoxy) is 4. The van der Waals surface area contributed by atoms with Gasteiger partial charge in [0.1, 0.15) is 48.1 Å². The number of allylic oxidation sites excluding steroid dienone is 1. The fourth-order valence-electron chi connectivity index (χ4n) is 2.53. The lowest BCUT2D eigenvalue weighted by molar-refractivity contribution is -0.314. The third-order valence-corrected chi connectivity index (χ3v) is 3.84. The van der Waals surface area contributed by atoms with E-state index in [2.05, 4.69) is 0 Å². The molecule has 0 bridgehead atoms. The summed E-state index contributed by atoms with van der Waals surface area (Å²) in [5, 5.41) is 48.4. The number of hydrogen-bond acceptors (Lipinski definition) is 9. The van der Waals surface area contributed by atoms with Gasteiger partial charge >= 0.3 is 0 Å². The average Bonchev–Trinajstić information content (AvgIpc) is 2.55. The van der Waals surface area contributed by atoms with E-state index in [0.29, 0.717) is 0 Å². The zero-order chi connectivity index (χ0) is 17.1. The Morgan fingerprint density at radius 3 is 2.39 bits per heavy atom. The second kappa shape index (κ2) is 7.58. The molecule has 1 fully saturated rings. The Morgan fingerprint density at radius 1 is 1.13 bits per heavy atom. The molecule has 0 saturated carbocycles.